The SMILES string of the molecule is c1ccc2cc3c(-c4cc(-c5nc(-c6ccc7cc8cccnc8cc7c6)nc(-c6ccc7cc8cccnc8cc7c6)n5)cc(-c5cccc6cc7ccccc7cc56)c4)cccc3cc2c1.c1ccc2cc3c(-c4cc(-c5nc(-c6ccc7cc8ncccc8cc7c6)nc(-c6ccc7cc8ncccc8cc7c6)n5)cc(-c5cccc6cc7ccccc7cc56)c4)cccc3cc2c1. The second kappa shape index (κ2) is 31.7. The van der Waals surface area contributed by atoms with Crippen molar-refractivity contribution in [1.29, 1.82) is 0 Å². The monoisotopic (exact) mass is 1730 g/mol. The maximum absolute atomic E-state index is 5.41. The maximum atomic E-state index is 5.41. The highest BCUT2D eigenvalue weighted by Gasteiger charge is 2.23. The van der Waals surface area contributed by atoms with Crippen molar-refractivity contribution >= 4 is 173 Å². The lowest BCUT2D eigenvalue weighted by Crippen LogP contribution is -2.01. The summed E-state index contributed by atoms with van der Waals surface area (Å²) in [5, 5.41) is 32.4. The summed E-state index contributed by atoms with van der Waals surface area (Å²) in [6.07, 6.45) is 7.36. The zero-order valence-electron chi connectivity index (χ0n) is 73.2. The Morgan fingerprint density at radius 3 is 0.574 bits per heavy atom. The van der Waals surface area contributed by atoms with Crippen LogP contribution in [-0.4, -0.2) is 49.8 Å². The summed E-state index contributed by atoms with van der Waals surface area (Å²) >= 11 is 0. The second-order valence-corrected chi connectivity index (χ2v) is 35.6. The molecule has 28 rings (SSSR count). The molecule has 0 atom stereocenters. The Bertz CT molecular complexity index is 8830. The van der Waals surface area contributed by atoms with Crippen LogP contribution >= 0.6 is 0 Å². The van der Waals surface area contributed by atoms with E-state index in [4.69, 9.17) is 29.9 Å². The average molecular weight is 1730 g/mol. The van der Waals surface area contributed by atoms with Gasteiger partial charge in [0, 0.05) is 79.7 Å². The summed E-state index contributed by atoms with van der Waals surface area (Å²) in [6.45, 7) is 0. The van der Waals surface area contributed by atoms with Gasteiger partial charge in [-0.3, -0.25) is 19.9 Å². The highest BCUT2D eigenvalue weighted by Crippen LogP contribution is 2.45. The molecule has 0 N–H and O–H groups in total. The lowest BCUT2D eigenvalue weighted by Gasteiger charge is -2.15. The molecule has 10 heteroatoms. The largest absolute Gasteiger partial charge is 0.256 e. The predicted molar refractivity (Wildman–Crippen MR) is 565 cm³/mol. The molecular formula is C126H74N10. The van der Waals surface area contributed by atoms with Crippen molar-refractivity contribution in [1.82, 2.24) is 49.8 Å². The molecule has 0 spiro atoms. The summed E-state index contributed by atoms with van der Waals surface area (Å²) in [5.41, 5.74) is 18.1. The number of benzene rings is 22. The van der Waals surface area contributed by atoms with E-state index in [0.29, 0.717) is 34.9 Å². The summed E-state index contributed by atoms with van der Waals surface area (Å²) in [4.78, 5) is 50.8. The zero-order valence-corrected chi connectivity index (χ0v) is 73.2. The van der Waals surface area contributed by atoms with E-state index in [9.17, 15) is 0 Å². The molecule has 0 aliphatic heterocycles. The number of fused-ring (bicyclic) bond motifs is 16. The Kier molecular flexibility index (Phi) is 18.1. The quantitative estimate of drug-likeness (QED) is 0.122. The highest BCUT2D eigenvalue weighted by atomic mass is 15.0. The number of pyridine rings is 4. The van der Waals surface area contributed by atoms with Crippen LogP contribution in [0.25, 0.3) is 286 Å². The van der Waals surface area contributed by atoms with Crippen molar-refractivity contribution in [3.05, 3.63) is 449 Å². The van der Waals surface area contributed by atoms with Crippen LogP contribution in [0.2, 0.25) is 0 Å². The first kappa shape index (κ1) is 77.6. The van der Waals surface area contributed by atoms with Crippen LogP contribution < -0.4 is 0 Å². The first-order valence-corrected chi connectivity index (χ1v) is 45.9. The van der Waals surface area contributed by atoms with E-state index in [2.05, 4.69) is 420 Å². The first-order chi connectivity index (χ1) is 67.2. The van der Waals surface area contributed by atoms with E-state index in [1.165, 1.54) is 86.2 Å². The van der Waals surface area contributed by atoms with E-state index >= 15 is 0 Å². The fourth-order valence-corrected chi connectivity index (χ4v) is 20.4. The van der Waals surface area contributed by atoms with Crippen LogP contribution in [0.5, 0.6) is 0 Å². The third kappa shape index (κ3) is 14.0. The summed E-state index contributed by atoms with van der Waals surface area (Å²) in [5.74, 6) is 3.56. The molecule has 0 aliphatic rings. The van der Waals surface area contributed by atoms with Gasteiger partial charge in [0.25, 0.3) is 0 Å². The minimum Gasteiger partial charge on any atom is -0.256 e. The van der Waals surface area contributed by atoms with Gasteiger partial charge in [-0.15, -0.1) is 0 Å². The minimum atomic E-state index is 0.588. The van der Waals surface area contributed by atoms with Gasteiger partial charge in [0.1, 0.15) is 0 Å². The highest BCUT2D eigenvalue weighted by molar-refractivity contribution is 6.13. The number of hydrogen-bond acceptors (Lipinski definition) is 10. The molecule has 10 nitrogen and oxygen atoms in total. The second-order valence-electron chi connectivity index (χ2n) is 35.6. The van der Waals surface area contributed by atoms with Crippen LogP contribution in [0, 0.1) is 0 Å². The van der Waals surface area contributed by atoms with E-state index in [-0.39, 0.29) is 0 Å². The van der Waals surface area contributed by atoms with E-state index in [1.54, 1.807) is 0 Å². The Hall–Kier alpha value is -18.4. The fourth-order valence-electron chi connectivity index (χ4n) is 20.4. The van der Waals surface area contributed by atoms with Gasteiger partial charge in [0.15, 0.2) is 34.9 Å². The Balaban J connectivity index is 0.000000138. The molecule has 0 bridgehead atoms. The predicted octanol–water partition coefficient (Wildman–Crippen LogP) is 32.4. The molecule has 628 valence electrons. The maximum Gasteiger partial charge on any atom is 0.164 e. The van der Waals surface area contributed by atoms with Crippen molar-refractivity contribution in [3.63, 3.8) is 0 Å². The van der Waals surface area contributed by atoms with Crippen LogP contribution in [-0.2, 0) is 0 Å². The van der Waals surface area contributed by atoms with Gasteiger partial charge in [-0.2, -0.15) is 0 Å². The molecule has 6 heterocycles. The van der Waals surface area contributed by atoms with Crippen molar-refractivity contribution in [2.45, 2.75) is 0 Å². The van der Waals surface area contributed by atoms with Gasteiger partial charge in [-0.05, 0) is 356 Å². The molecular weight excluding hydrogens is 1650 g/mol. The van der Waals surface area contributed by atoms with Gasteiger partial charge < -0.3 is 0 Å². The first-order valence-electron chi connectivity index (χ1n) is 45.9. The molecule has 0 saturated carbocycles. The Morgan fingerprint density at radius 1 is 0.110 bits per heavy atom. The van der Waals surface area contributed by atoms with Gasteiger partial charge >= 0.3 is 0 Å². The lowest BCUT2D eigenvalue weighted by molar-refractivity contribution is 1.07. The molecule has 0 radical (unpaired) electrons. The van der Waals surface area contributed by atoms with E-state index < -0.39 is 0 Å². The topological polar surface area (TPSA) is 129 Å². The number of nitrogens with zero attached hydrogens (tertiary/aromatic N) is 10. The van der Waals surface area contributed by atoms with Crippen molar-refractivity contribution < 1.29 is 0 Å². The molecule has 0 saturated heterocycles. The summed E-state index contributed by atoms with van der Waals surface area (Å²) < 4.78 is 0. The molecule has 22 aromatic carbocycles. The average Bonchev–Trinajstić information content (AvgIpc) is 0.753. The summed E-state index contributed by atoms with van der Waals surface area (Å²) in [7, 11) is 0. The van der Waals surface area contributed by atoms with Gasteiger partial charge in [0.2, 0.25) is 0 Å². The number of aromatic nitrogens is 10. The standard InChI is InChI=1S/2C63H37N5/c1-3-11-40-34-57-44(25-38(40)9-1)13-5-17-55(57)52-31-53(56-18-6-14-45-26-39-10-2-4-12-41(39)35-58(45)56)33-54(32-52)63-67-61(48-21-19-42-36-59-46(15-7-23-64-59)27-50(42)29-48)66-62(68-63)49-22-20-43-37-60-47(16-8-24-65-60)28-51(43)30-49;1-3-11-40-34-57-44(25-38(40)9-1)13-5-17-55(57)52-31-53(56-18-6-14-45-26-39-10-2-4-12-41(39)35-58(45)56)33-54(32-52)63-67-61(48-21-19-42-27-46-15-7-23-64-59(46)36-50(42)29-48)66-62(68-63)49-22-20-43-28-47-16-8-24-65-60(47)37-51(43)30-49/h2*1-37H. The molecule has 28 aromatic rings. The normalized spacial score (nSPS) is 11.8. The number of hydrogen-bond donors (Lipinski definition) is 0. The van der Waals surface area contributed by atoms with Gasteiger partial charge in [0.05, 0.1) is 22.1 Å². The minimum absolute atomic E-state index is 0.588. The van der Waals surface area contributed by atoms with Crippen LogP contribution in [0.15, 0.2) is 449 Å². The Morgan fingerprint density at radius 2 is 0.301 bits per heavy atom. The van der Waals surface area contributed by atoms with Crippen molar-refractivity contribution in [2.24, 2.45) is 0 Å². The molecule has 0 aliphatic carbocycles. The van der Waals surface area contributed by atoms with Crippen LogP contribution in [0.3, 0.4) is 0 Å². The summed E-state index contributed by atoms with van der Waals surface area (Å²) in [6, 6.07) is 153. The molecule has 0 unspecified atom stereocenters. The lowest BCUT2D eigenvalue weighted by atomic mass is 9.90. The Labute approximate surface area is 779 Å². The zero-order chi connectivity index (χ0) is 89.4. The van der Waals surface area contributed by atoms with Crippen LogP contribution in [0.1, 0.15) is 0 Å². The molecule has 136 heavy (non-hydrogen) atoms. The number of rotatable bonds is 10. The third-order valence-electron chi connectivity index (χ3n) is 27.2. The van der Waals surface area contributed by atoms with Gasteiger partial charge in [-0.1, -0.05) is 243 Å². The fraction of sp³-hybridized carbons (Fsp3) is 0. The van der Waals surface area contributed by atoms with Gasteiger partial charge in [-0.25, -0.2) is 29.9 Å². The third-order valence-corrected chi connectivity index (χ3v) is 27.2. The smallest absolute Gasteiger partial charge is 0.164 e. The van der Waals surface area contributed by atoms with Crippen molar-refractivity contribution in [3.8, 4) is 113 Å². The molecule has 0 fully saturated rings. The molecule has 6 aromatic heterocycles. The van der Waals surface area contributed by atoms with E-state index in [0.717, 1.165) is 165 Å². The van der Waals surface area contributed by atoms with Crippen molar-refractivity contribution in [2.75, 3.05) is 0 Å². The van der Waals surface area contributed by atoms with E-state index in [1.807, 2.05) is 49.1 Å². The van der Waals surface area contributed by atoms with Crippen LogP contribution in [0.4, 0.5) is 0 Å². The molecule has 0 amide bonds.